The van der Waals surface area contributed by atoms with Crippen LogP contribution in [-0.4, -0.2) is 26.2 Å². The molecule has 0 aromatic heterocycles. The van der Waals surface area contributed by atoms with Gasteiger partial charge in [0.2, 0.25) is 0 Å². The van der Waals surface area contributed by atoms with Crippen molar-refractivity contribution >= 4 is 5.69 Å². The Bertz CT molecular complexity index is 445. The molecule has 0 saturated heterocycles. The predicted octanol–water partition coefficient (Wildman–Crippen LogP) is 3.02. The number of methoxy groups -OCH3 is 1. The lowest BCUT2D eigenvalue weighted by atomic mass is 9.89. The fourth-order valence-corrected chi connectivity index (χ4v) is 3.32. The maximum atomic E-state index is 6.31. The lowest BCUT2D eigenvalue weighted by molar-refractivity contribution is 0.367. The van der Waals surface area contributed by atoms with E-state index in [1.807, 2.05) is 0 Å². The Hall–Kier alpha value is -1.22. The Balaban J connectivity index is 2.34. The molecular formula is C16H26N2O. The number of anilines is 1. The topological polar surface area (TPSA) is 38.5 Å². The van der Waals surface area contributed by atoms with Crippen molar-refractivity contribution in [2.45, 2.75) is 51.6 Å². The van der Waals surface area contributed by atoms with Gasteiger partial charge in [-0.1, -0.05) is 18.9 Å². The predicted molar refractivity (Wildman–Crippen MR) is 81.1 cm³/mol. The van der Waals surface area contributed by atoms with Crippen molar-refractivity contribution in [3.63, 3.8) is 0 Å². The molecule has 3 heteroatoms. The molecule has 106 valence electrons. The molecule has 0 bridgehead atoms. The summed E-state index contributed by atoms with van der Waals surface area (Å²) in [7, 11) is 3.89. The lowest BCUT2D eigenvalue weighted by Gasteiger charge is -2.38. The molecule has 1 fully saturated rings. The first-order valence-corrected chi connectivity index (χ1v) is 7.18. The van der Waals surface area contributed by atoms with Crippen LogP contribution in [0.3, 0.4) is 0 Å². The van der Waals surface area contributed by atoms with Gasteiger partial charge in [0.25, 0.3) is 0 Å². The van der Waals surface area contributed by atoms with E-state index in [4.69, 9.17) is 10.5 Å². The zero-order valence-corrected chi connectivity index (χ0v) is 12.6. The van der Waals surface area contributed by atoms with Gasteiger partial charge in [-0.05, 0) is 43.9 Å². The van der Waals surface area contributed by atoms with Gasteiger partial charge in [0, 0.05) is 19.1 Å². The minimum absolute atomic E-state index is 0.268. The maximum absolute atomic E-state index is 6.31. The average molecular weight is 262 g/mol. The molecule has 1 aliphatic carbocycles. The van der Waals surface area contributed by atoms with Gasteiger partial charge in [0.1, 0.15) is 5.75 Å². The van der Waals surface area contributed by atoms with Gasteiger partial charge in [-0.3, -0.25) is 0 Å². The van der Waals surface area contributed by atoms with E-state index in [0.29, 0.717) is 6.04 Å². The number of ether oxygens (including phenoxy) is 1. The van der Waals surface area contributed by atoms with E-state index in [0.717, 1.165) is 12.2 Å². The highest BCUT2D eigenvalue weighted by Crippen LogP contribution is 2.36. The van der Waals surface area contributed by atoms with Crippen molar-refractivity contribution in [2.75, 3.05) is 19.1 Å². The van der Waals surface area contributed by atoms with Crippen LogP contribution in [0, 0.1) is 13.8 Å². The largest absolute Gasteiger partial charge is 0.495 e. The summed E-state index contributed by atoms with van der Waals surface area (Å²) in [6, 6.07) is 5.00. The molecule has 2 unspecified atom stereocenters. The molecule has 2 atom stereocenters. The lowest BCUT2D eigenvalue weighted by Crippen LogP contribution is -2.48. The second kappa shape index (κ2) is 5.83. The Labute approximate surface area is 116 Å². The number of nitrogens with zero attached hydrogens (tertiary/aromatic N) is 1. The molecule has 0 radical (unpaired) electrons. The highest BCUT2D eigenvalue weighted by atomic mass is 16.5. The van der Waals surface area contributed by atoms with Crippen LogP contribution in [0.2, 0.25) is 0 Å². The molecular weight excluding hydrogens is 236 g/mol. The van der Waals surface area contributed by atoms with Crippen molar-refractivity contribution in [1.82, 2.24) is 0 Å². The third kappa shape index (κ3) is 2.86. The van der Waals surface area contributed by atoms with Crippen LogP contribution in [-0.2, 0) is 0 Å². The van der Waals surface area contributed by atoms with E-state index in [1.54, 1.807) is 7.11 Å². The summed E-state index contributed by atoms with van der Waals surface area (Å²) in [6.45, 7) is 4.25. The standard InChI is InChI=1S/C16H26N2O/c1-11-9-12(2)16(15(10-11)19-4)18(3)14-8-6-5-7-13(14)17/h9-10,13-14H,5-8,17H2,1-4H3. The van der Waals surface area contributed by atoms with Crippen LogP contribution in [0.25, 0.3) is 0 Å². The van der Waals surface area contributed by atoms with Crippen LogP contribution >= 0.6 is 0 Å². The van der Waals surface area contributed by atoms with Crippen LogP contribution in [0.5, 0.6) is 5.75 Å². The van der Waals surface area contributed by atoms with Gasteiger partial charge < -0.3 is 15.4 Å². The molecule has 19 heavy (non-hydrogen) atoms. The number of rotatable bonds is 3. The maximum Gasteiger partial charge on any atom is 0.142 e. The van der Waals surface area contributed by atoms with Crippen LogP contribution in [0.1, 0.15) is 36.8 Å². The van der Waals surface area contributed by atoms with Gasteiger partial charge >= 0.3 is 0 Å². The fraction of sp³-hybridized carbons (Fsp3) is 0.625. The van der Waals surface area contributed by atoms with E-state index in [-0.39, 0.29) is 6.04 Å². The zero-order valence-electron chi connectivity index (χ0n) is 12.6. The number of nitrogens with two attached hydrogens (primary N) is 1. The minimum Gasteiger partial charge on any atom is -0.495 e. The summed E-state index contributed by atoms with van der Waals surface area (Å²) in [6.07, 6.45) is 4.84. The average Bonchev–Trinajstić information content (AvgIpc) is 2.37. The van der Waals surface area contributed by atoms with Crippen molar-refractivity contribution in [3.8, 4) is 5.75 Å². The highest BCUT2D eigenvalue weighted by Gasteiger charge is 2.27. The van der Waals surface area contributed by atoms with E-state index >= 15 is 0 Å². The van der Waals surface area contributed by atoms with Crippen molar-refractivity contribution < 1.29 is 4.74 Å². The van der Waals surface area contributed by atoms with Crippen molar-refractivity contribution in [1.29, 1.82) is 0 Å². The normalized spacial score (nSPS) is 23.2. The number of benzene rings is 1. The van der Waals surface area contributed by atoms with E-state index in [9.17, 15) is 0 Å². The molecule has 1 saturated carbocycles. The zero-order chi connectivity index (χ0) is 14.0. The Kier molecular flexibility index (Phi) is 4.35. The number of likely N-dealkylation sites (N-methyl/N-ethyl adjacent to an activating group) is 1. The highest BCUT2D eigenvalue weighted by molar-refractivity contribution is 5.65. The molecule has 1 aromatic carbocycles. The second-order valence-corrected chi connectivity index (χ2v) is 5.76. The van der Waals surface area contributed by atoms with Crippen LogP contribution in [0.4, 0.5) is 5.69 Å². The van der Waals surface area contributed by atoms with Gasteiger partial charge in [-0.15, -0.1) is 0 Å². The molecule has 1 aliphatic rings. The summed E-state index contributed by atoms with van der Waals surface area (Å²) >= 11 is 0. The quantitative estimate of drug-likeness (QED) is 0.910. The van der Waals surface area contributed by atoms with E-state index in [2.05, 4.69) is 37.9 Å². The van der Waals surface area contributed by atoms with Crippen molar-refractivity contribution in [2.24, 2.45) is 5.73 Å². The molecule has 1 aromatic rings. The fourth-order valence-electron chi connectivity index (χ4n) is 3.32. The molecule has 0 heterocycles. The van der Waals surface area contributed by atoms with Gasteiger partial charge in [-0.2, -0.15) is 0 Å². The smallest absolute Gasteiger partial charge is 0.142 e. The second-order valence-electron chi connectivity index (χ2n) is 5.76. The summed E-state index contributed by atoms with van der Waals surface area (Å²) in [4.78, 5) is 2.33. The Morgan fingerprint density at radius 2 is 1.89 bits per heavy atom. The van der Waals surface area contributed by atoms with E-state index < -0.39 is 0 Å². The van der Waals surface area contributed by atoms with Gasteiger partial charge in [0.05, 0.1) is 12.8 Å². The summed E-state index contributed by atoms with van der Waals surface area (Å²) in [5.74, 6) is 0.956. The number of hydrogen-bond donors (Lipinski definition) is 1. The monoisotopic (exact) mass is 262 g/mol. The summed E-state index contributed by atoms with van der Waals surface area (Å²) in [5.41, 5.74) is 9.99. The summed E-state index contributed by atoms with van der Waals surface area (Å²) < 4.78 is 5.57. The molecule has 3 nitrogen and oxygen atoms in total. The summed E-state index contributed by atoms with van der Waals surface area (Å²) in [5, 5.41) is 0. The molecule has 0 spiro atoms. The third-order valence-electron chi connectivity index (χ3n) is 4.26. The first kappa shape index (κ1) is 14.2. The number of hydrogen-bond acceptors (Lipinski definition) is 3. The third-order valence-corrected chi connectivity index (χ3v) is 4.26. The Morgan fingerprint density at radius 1 is 1.21 bits per heavy atom. The first-order valence-electron chi connectivity index (χ1n) is 7.18. The molecule has 2 N–H and O–H groups in total. The van der Waals surface area contributed by atoms with Crippen LogP contribution < -0.4 is 15.4 Å². The van der Waals surface area contributed by atoms with Gasteiger partial charge in [0.15, 0.2) is 0 Å². The molecule has 0 aliphatic heterocycles. The molecule has 0 amide bonds. The van der Waals surface area contributed by atoms with Gasteiger partial charge in [-0.25, -0.2) is 0 Å². The minimum atomic E-state index is 0.268. The Morgan fingerprint density at radius 3 is 2.53 bits per heavy atom. The van der Waals surface area contributed by atoms with Crippen LogP contribution in [0.15, 0.2) is 12.1 Å². The van der Waals surface area contributed by atoms with E-state index in [1.165, 1.54) is 36.1 Å². The molecule has 2 rings (SSSR count). The first-order chi connectivity index (χ1) is 9.04. The number of aryl methyl sites for hydroxylation is 2. The SMILES string of the molecule is COc1cc(C)cc(C)c1N(C)C1CCCCC1N. The van der Waals surface area contributed by atoms with Crippen molar-refractivity contribution in [3.05, 3.63) is 23.3 Å².